The quantitative estimate of drug-likeness (QED) is 0.402. The molecule has 0 fully saturated rings. The van der Waals surface area contributed by atoms with Gasteiger partial charge in [0.05, 0.1) is 28.9 Å². The molecule has 9 heteroatoms. The van der Waals surface area contributed by atoms with Gasteiger partial charge in [-0.3, -0.25) is 20.6 Å². The molecule has 0 radical (unpaired) electrons. The van der Waals surface area contributed by atoms with E-state index in [1.54, 1.807) is 6.21 Å². The van der Waals surface area contributed by atoms with E-state index in [0.29, 0.717) is 17.3 Å². The number of carbonyl (C=O) groups excluding carboxylic acids is 1. The van der Waals surface area contributed by atoms with Gasteiger partial charge in [0.15, 0.2) is 5.11 Å². The number of hydrazine groups is 1. The largest absolute Gasteiger partial charge is 0.334 e. The second-order valence-electron chi connectivity index (χ2n) is 7.78. The zero-order chi connectivity index (χ0) is 22.1. The summed E-state index contributed by atoms with van der Waals surface area (Å²) in [6.45, 7) is 1.49. The third-order valence-corrected chi connectivity index (χ3v) is 6.31. The molecule has 0 bridgehead atoms. The van der Waals surface area contributed by atoms with E-state index in [1.165, 1.54) is 0 Å². The topological polar surface area (TPSA) is 83.3 Å². The van der Waals surface area contributed by atoms with Crippen molar-refractivity contribution < 1.29 is 4.79 Å². The monoisotopic (exact) mass is 464 g/mol. The highest BCUT2D eigenvalue weighted by Crippen LogP contribution is 2.31. The molecule has 2 aliphatic rings. The normalized spacial score (nSPS) is 16.2. The minimum atomic E-state index is -0.351. The maximum absolute atomic E-state index is 12.9. The highest BCUT2D eigenvalue weighted by atomic mass is 35.5. The van der Waals surface area contributed by atoms with Gasteiger partial charge < -0.3 is 9.88 Å². The summed E-state index contributed by atoms with van der Waals surface area (Å²) in [7, 11) is 0. The predicted octanol–water partition coefficient (Wildman–Crippen LogP) is 4.03. The molecule has 1 unspecified atom stereocenters. The Hall–Kier alpha value is -3.23. The van der Waals surface area contributed by atoms with Crippen molar-refractivity contribution in [3.63, 3.8) is 0 Å². The van der Waals surface area contributed by atoms with Crippen LogP contribution in [-0.2, 0) is 17.9 Å². The van der Waals surface area contributed by atoms with Crippen LogP contribution in [-0.4, -0.2) is 26.8 Å². The number of rotatable bonds is 3. The number of nitrogens with zero attached hydrogens (tertiary/aromatic N) is 3. The van der Waals surface area contributed by atoms with Crippen LogP contribution in [0, 0.1) is 0 Å². The predicted molar refractivity (Wildman–Crippen MR) is 130 cm³/mol. The first-order valence-electron chi connectivity index (χ1n) is 10.4. The van der Waals surface area contributed by atoms with Gasteiger partial charge in [-0.15, -0.1) is 0 Å². The summed E-state index contributed by atoms with van der Waals surface area (Å²) in [6, 6.07) is 13.8. The fourth-order valence-electron chi connectivity index (χ4n) is 4.08. The van der Waals surface area contributed by atoms with Crippen molar-refractivity contribution in [2.75, 3.05) is 5.32 Å². The molecule has 162 valence electrons. The van der Waals surface area contributed by atoms with Gasteiger partial charge in [-0.2, -0.15) is 0 Å². The van der Waals surface area contributed by atoms with Crippen LogP contribution in [0.5, 0.6) is 0 Å². The molecule has 5 rings (SSSR count). The van der Waals surface area contributed by atoms with E-state index >= 15 is 0 Å². The van der Waals surface area contributed by atoms with Crippen molar-refractivity contribution in [1.82, 2.24) is 20.4 Å². The maximum Gasteiger partial charge on any atom is 0.249 e. The van der Waals surface area contributed by atoms with E-state index < -0.39 is 0 Å². The summed E-state index contributed by atoms with van der Waals surface area (Å²) in [4.78, 5) is 21.9. The number of aryl methyl sites for hydroxylation is 1. The Balaban J connectivity index is 1.24. The number of hydrogen-bond acceptors (Lipinski definition) is 4. The minimum absolute atomic E-state index is 0.174. The van der Waals surface area contributed by atoms with Gasteiger partial charge in [0.2, 0.25) is 5.91 Å². The van der Waals surface area contributed by atoms with Crippen LogP contribution in [0.1, 0.15) is 35.7 Å². The van der Waals surface area contributed by atoms with Crippen molar-refractivity contribution in [2.24, 2.45) is 4.99 Å². The van der Waals surface area contributed by atoms with Gasteiger partial charge in [-0.25, -0.2) is 4.98 Å². The zero-order valence-corrected chi connectivity index (χ0v) is 18.7. The summed E-state index contributed by atoms with van der Waals surface area (Å²) in [6.07, 6.45) is 5.42. The molecule has 3 heterocycles. The molecule has 0 saturated carbocycles. The molecular weight excluding hydrogens is 444 g/mol. The van der Waals surface area contributed by atoms with E-state index in [1.807, 2.05) is 48.7 Å². The second-order valence-corrected chi connectivity index (χ2v) is 8.56. The number of anilines is 1. The Morgan fingerprint density at radius 1 is 1.16 bits per heavy atom. The smallest absolute Gasteiger partial charge is 0.249 e. The fourth-order valence-corrected chi connectivity index (χ4v) is 4.52. The maximum atomic E-state index is 12.9. The van der Waals surface area contributed by atoms with Crippen LogP contribution in [0.25, 0.3) is 11.3 Å². The average molecular weight is 465 g/mol. The van der Waals surface area contributed by atoms with Crippen LogP contribution in [0.15, 0.2) is 53.7 Å². The standard InChI is InChI=1S/C23H21ClN6OS/c24-20-17-12-25-11-15(17)8-9-18(20)27-23(32)29-28-22(31)16-7-4-10-30-13-19(26-21(16)30)14-5-2-1-3-6-14/h1-3,5-6,8-9,12-13,16H,4,7,10-11H2,(H,28,31)(H2,27,29,32). The first-order chi connectivity index (χ1) is 15.6. The Bertz CT molecular complexity index is 1220. The average Bonchev–Trinajstić information content (AvgIpc) is 3.47. The van der Waals surface area contributed by atoms with Crippen molar-refractivity contribution in [1.29, 1.82) is 0 Å². The number of hydrogen-bond donors (Lipinski definition) is 3. The van der Waals surface area contributed by atoms with Crippen LogP contribution in [0.4, 0.5) is 5.69 Å². The molecule has 1 amide bonds. The molecule has 1 aromatic heterocycles. The molecule has 7 nitrogen and oxygen atoms in total. The van der Waals surface area contributed by atoms with Gasteiger partial charge in [0.25, 0.3) is 0 Å². The lowest BCUT2D eigenvalue weighted by Gasteiger charge is -2.23. The lowest BCUT2D eigenvalue weighted by atomic mass is 9.98. The molecular formula is C23H21ClN6OS. The third kappa shape index (κ3) is 3.99. The lowest BCUT2D eigenvalue weighted by molar-refractivity contribution is -0.123. The third-order valence-electron chi connectivity index (χ3n) is 5.70. The highest BCUT2D eigenvalue weighted by molar-refractivity contribution is 7.80. The summed E-state index contributed by atoms with van der Waals surface area (Å²) < 4.78 is 2.07. The van der Waals surface area contributed by atoms with Gasteiger partial charge in [-0.05, 0) is 36.7 Å². The number of imidazole rings is 1. The zero-order valence-electron chi connectivity index (χ0n) is 17.1. The molecule has 0 spiro atoms. The molecule has 0 saturated heterocycles. The van der Waals surface area contributed by atoms with Crippen LogP contribution in [0.2, 0.25) is 5.02 Å². The van der Waals surface area contributed by atoms with Crippen molar-refractivity contribution in [2.45, 2.75) is 31.8 Å². The fraction of sp³-hybridized carbons (Fsp3) is 0.217. The Morgan fingerprint density at radius 3 is 2.84 bits per heavy atom. The summed E-state index contributed by atoms with van der Waals surface area (Å²) in [5.41, 5.74) is 10.0. The van der Waals surface area contributed by atoms with Gasteiger partial charge >= 0.3 is 0 Å². The number of aromatic nitrogens is 2. The molecule has 0 aliphatic carbocycles. The number of thiocarbonyl (C=S) groups is 1. The molecule has 3 aromatic rings. The number of carbonyl (C=O) groups is 1. The van der Waals surface area contributed by atoms with E-state index in [0.717, 1.165) is 47.6 Å². The summed E-state index contributed by atoms with van der Waals surface area (Å²) in [5, 5.41) is 3.84. The van der Waals surface area contributed by atoms with Crippen molar-refractivity contribution in [3.8, 4) is 11.3 Å². The number of aliphatic imine (C=N–C) groups is 1. The second kappa shape index (κ2) is 8.72. The number of nitrogens with one attached hydrogen (secondary N) is 3. The summed E-state index contributed by atoms with van der Waals surface area (Å²) in [5.74, 6) is 0.248. The molecule has 3 N–H and O–H groups in total. The SMILES string of the molecule is O=C(NNC(=S)Nc1ccc2c(c1Cl)C=NC2)C1CCCn2cc(-c3ccccc3)nc21. The minimum Gasteiger partial charge on any atom is -0.334 e. The number of halogens is 1. The van der Waals surface area contributed by atoms with Gasteiger partial charge in [0.1, 0.15) is 5.82 Å². The summed E-state index contributed by atoms with van der Waals surface area (Å²) >= 11 is 11.8. The van der Waals surface area contributed by atoms with Gasteiger partial charge in [-0.1, -0.05) is 48.0 Å². The van der Waals surface area contributed by atoms with Crippen molar-refractivity contribution in [3.05, 3.63) is 70.6 Å². The highest BCUT2D eigenvalue weighted by Gasteiger charge is 2.29. The van der Waals surface area contributed by atoms with Crippen LogP contribution < -0.4 is 16.2 Å². The van der Waals surface area contributed by atoms with Gasteiger partial charge in [0, 0.05) is 30.1 Å². The Morgan fingerprint density at radius 2 is 2.00 bits per heavy atom. The Kier molecular flexibility index (Phi) is 5.63. The van der Waals surface area contributed by atoms with E-state index in [-0.39, 0.29) is 16.9 Å². The molecule has 1 atom stereocenters. The number of fused-ring (bicyclic) bond motifs is 2. The molecule has 2 aliphatic heterocycles. The first-order valence-corrected chi connectivity index (χ1v) is 11.2. The van der Waals surface area contributed by atoms with Crippen molar-refractivity contribution >= 4 is 46.7 Å². The van der Waals surface area contributed by atoms with E-state index in [2.05, 4.69) is 25.7 Å². The number of benzene rings is 2. The molecule has 2 aromatic carbocycles. The van der Waals surface area contributed by atoms with Crippen LogP contribution in [0.3, 0.4) is 0 Å². The van der Waals surface area contributed by atoms with E-state index in [4.69, 9.17) is 28.8 Å². The van der Waals surface area contributed by atoms with Crippen LogP contribution >= 0.6 is 23.8 Å². The van der Waals surface area contributed by atoms with E-state index in [9.17, 15) is 4.79 Å². The Labute approximate surface area is 195 Å². The molecule has 32 heavy (non-hydrogen) atoms. The lowest BCUT2D eigenvalue weighted by Crippen LogP contribution is -2.46. The number of amides is 1. The first kappa shape index (κ1) is 20.7.